The lowest BCUT2D eigenvalue weighted by Crippen LogP contribution is -2.45. The maximum atomic E-state index is 12.1. The highest BCUT2D eigenvalue weighted by Crippen LogP contribution is 2.28. The molecule has 2 atom stereocenters. The van der Waals surface area contributed by atoms with Gasteiger partial charge in [-0.15, -0.1) is 0 Å². The van der Waals surface area contributed by atoms with Crippen molar-refractivity contribution < 1.29 is 4.79 Å². The molecule has 18 heavy (non-hydrogen) atoms. The van der Waals surface area contributed by atoms with Gasteiger partial charge in [0.2, 0.25) is 5.91 Å². The summed E-state index contributed by atoms with van der Waals surface area (Å²) in [6.07, 6.45) is 6.35. The molecule has 0 aromatic carbocycles. The van der Waals surface area contributed by atoms with Crippen molar-refractivity contribution >= 4 is 5.91 Å². The molecule has 0 aromatic heterocycles. The molecule has 2 fully saturated rings. The number of piperidine rings is 1. The Kier molecular flexibility index (Phi) is 4.62. The number of carbonyl (C=O) groups excluding carboxylic acids is 1. The van der Waals surface area contributed by atoms with Crippen molar-refractivity contribution in [3.8, 4) is 0 Å². The van der Waals surface area contributed by atoms with E-state index in [9.17, 15) is 4.79 Å². The lowest BCUT2D eigenvalue weighted by molar-refractivity contribution is -0.126. The third-order valence-corrected chi connectivity index (χ3v) is 4.59. The number of hydrogen-bond donors (Lipinski definition) is 3. The van der Waals surface area contributed by atoms with Crippen LogP contribution in [0.4, 0.5) is 0 Å². The van der Waals surface area contributed by atoms with Crippen LogP contribution < -0.4 is 16.4 Å². The van der Waals surface area contributed by atoms with Crippen LogP contribution in [0.15, 0.2) is 0 Å². The van der Waals surface area contributed by atoms with Crippen molar-refractivity contribution in [1.82, 2.24) is 10.6 Å². The summed E-state index contributed by atoms with van der Waals surface area (Å²) >= 11 is 0. The topological polar surface area (TPSA) is 67.2 Å². The summed E-state index contributed by atoms with van der Waals surface area (Å²) in [5.41, 5.74) is 6.22. The molecular formula is C14H27N3O. The van der Waals surface area contributed by atoms with Crippen LogP contribution >= 0.6 is 0 Å². The van der Waals surface area contributed by atoms with Gasteiger partial charge in [-0.1, -0.05) is 13.3 Å². The van der Waals surface area contributed by atoms with Crippen molar-refractivity contribution in [1.29, 1.82) is 0 Å². The minimum atomic E-state index is 0.152. The molecule has 4 N–H and O–H groups in total. The number of rotatable bonds is 3. The smallest absolute Gasteiger partial charge is 0.223 e. The summed E-state index contributed by atoms with van der Waals surface area (Å²) in [5.74, 6) is 0.379. The minimum absolute atomic E-state index is 0.152. The second-order valence-corrected chi connectivity index (χ2v) is 6.40. The van der Waals surface area contributed by atoms with E-state index in [4.69, 9.17) is 5.73 Å². The molecule has 0 spiro atoms. The van der Waals surface area contributed by atoms with Crippen LogP contribution in [0.2, 0.25) is 0 Å². The Morgan fingerprint density at radius 2 is 2.11 bits per heavy atom. The molecule has 0 bridgehead atoms. The van der Waals surface area contributed by atoms with Crippen LogP contribution in [0.1, 0.15) is 45.4 Å². The van der Waals surface area contributed by atoms with Gasteiger partial charge in [0.1, 0.15) is 0 Å². The fourth-order valence-electron chi connectivity index (χ4n) is 3.12. The van der Waals surface area contributed by atoms with Gasteiger partial charge in [-0.2, -0.15) is 0 Å². The van der Waals surface area contributed by atoms with Crippen molar-refractivity contribution in [2.45, 2.75) is 51.5 Å². The van der Waals surface area contributed by atoms with Gasteiger partial charge >= 0.3 is 0 Å². The van der Waals surface area contributed by atoms with E-state index >= 15 is 0 Å². The maximum Gasteiger partial charge on any atom is 0.223 e. The summed E-state index contributed by atoms with van der Waals surface area (Å²) < 4.78 is 0. The third-order valence-electron chi connectivity index (χ3n) is 4.59. The molecule has 2 aliphatic rings. The van der Waals surface area contributed by atoms with Crippen LogP contribution in [-0.4, -0.2) is 31.6 Å². The predicted molar refractivity (Wildman–Crippen MR) is 73.2 cm³/mol. The highest BCUT2D eigenvalue weighted by Gasteiger charge is 2.30. The molecule has 4 heteroatoms. The Hall–Kier alpha value is -0.610. The first kappa shape index (κ1) is 13.8. The van der Waals surface area contributed by atoms with E-state index in [1.54, 1.807) is 0 Å². The Morgan fingerprint density at radius 1 is 1.39 bits per heavy atom. The zero-order valence-electron chi connectivity index (χ0n) is 11.5. The Morgan fingerprint density at radius 3 is 2.78 bits per heavy atom. The first-order valence-electron chi connectivity index (χ1n) is 7.33. The number of amides is 1. The molecule has 1 saturated carbocycles. The van der Waals surface area contributed by atoms with E-state index in [1.807, 2.05) is 0 Å². The highest BCUT2D eigenvalue weighted by molar-refractivity contribution is 5.78. The maximum absolute atomic E-state index is 12.1. The quantitative estimate of drug-likeness (QED) is 0.703. The molecule has 1 saturated heterocycles. The third kappa shape index (κ3) is 3.69. The lowest BCUT2D eigenvalue weighted by atomic mass is 9.80. The summed E-state index contributed by atoms with van der Waals surface area (Å²) in [4.78, 5) is 12.1. The lowest BCUT2D eigenvalue weighted by Gasteiger charge is -2.35. The van der Waals surface area contributed by atoms with Gasteiger partial charge in [-0.3, -0.25) is 4.79 Å². The van der Waals surface area contributed by atoms with E-state index < -0.39 is 0 Å². The highest BCUT2D eigenvalue weighted by atomic mass is 16.1. The Labute approximate surface area is 110 Å². The molecule has 104 valence electrons. The number of carbonyl (C=O) groups is 1. The summed E-state index contributed by atoms with van der Waals surface area (Å²) in [6.45, 7) is 5.24. The van der Waals surface area contributed by atoms with Gasteiger partial charge in [-0.05, 0) is 50.6 Å². The molecule has 1 aliphatic carbocycles. The van der Waals surface area contributed by atoms with E-state index in [-0.39, 0.29) is 23.3 Å². The van der Waals surface area contributed by atoms with Crippen molar-refractivity contribution in [2.24, 2.45) is 17.1 Å². The fraction of sp³-hybridized carbons (Fsp3) is 0.929. The average Bonchev–Trinajstić information content (AvgIpc) is 2.37. The monoisotopic (exact) mass is 253 g/mol. The van der Waals surface area contributed by atoms with Crippen molar-refractivity contribution in [2.75, 3.05) is 19.6 Å². The summed E-state index contributed by atoms with van der Waals surface area (Å²) in [5, 5.41) is 6.53. The molecule has 1 heterocycles. The molecule has 2 rings (SSSR count). The summed E-state index contributed by atoms with van der Waals surface area (Å²) in [6, 6.07) is 0.226. The first-order valence-corrected chi connectivity index (χ1v) is 7.33. The number of hydrogen-bond acceptors (Lipinski definition) is 3. The van der Waals surface area contributed by atoms with E-state index in [1.165, 1.54) is 0 Å². The fourth-order valence-corrected chi connectivity index (χ4v) is 3.12. The molecule has 4 nitrogen and oxygen atoms in total. The summed E-state index contributed by atoms with van der Waals surface area (Å²) in [7, 11) is 0. The van der Waals surface area contributed by atoms with Crippen molar-refractivity contribution in [3.63, 3.8) is 0 Å². The van der Waals surface area contributed by atoms with Crippen LogP contribution in [0, 0.1) is 11.3 Å². The average molecular weight is 253 g/mol. The van der Waals surface area contributed by atoms with Gasteiger partial charge in [0.15, 0.2) is 0 Å². The largest absolute Gasteiger partial charge is 0.355 e. The number of nitrogens with one attached hydrogen (secondary N) is 2. The molecule has 0 aromatic rings. The van der Waals surface area contributed by atoms with Crippen molar-refractivity contribution in [3.05, 3.63) is 0 Å². The predicted octanol–water partition coefficient (Wildman–Crippen LogP) is 1.01. The van der Waals surface area contributed by atoms with Crippen LogP contribution in [0.3, 0.4) is 0 Å². The van der Waals surface area contributed by atoms with Gasteiger partial charge in [-0.25, -0.2) is 0 Å². The zero-order valence-corrected chi connectivity index (χ0v) is 11.5. The molecule has 1 amide bonds. The van der Waals surface area contributed by atoms with Crippen LogP contribution in [-0.2, 0) is 4.79 Å². The van der Waals surface area contributed by atoms with Gasteiger partial charge < -0.3 is 16.4 Å². The Balaban J connectivity index is 1.76. The Bertz CT molecular complexity index is 287. The molecular weight excluding hydrogens is 226 g/mol. The first-order chi connectivity index (χ1) is 8.59. The second kappa shape index (κ2) is 6.02. The van der Waals surface area contributed by atoms with Gasteiger partial charge in [0, 0.05) is 18.5 Å². The minimum Gasteiger partial charge on any atom is -0.355 e. The zero-order chi connectivity index (χ0) is 13.0. The molecule has 1 aliphatic heterocycles. The van der Waals surface area contributed by atoms with E-state index in [2.05, 4.69) is 17.6 Å². The van der Waals surface area contributed by atoms with Gasteiger partial charge in [0.25, 0.3) is 0 Å². The standard InChI is InChI=1S/C14H27N3O/c1-14(5-7-16-8-6-14)10-17-13(18)11-3-2-4-12(15)9-11/h11-12,16H,2-10,15H2,1H3,(H,17,18). The van der Waals surface area contributed by atoms with Crippen LogP contribution in [0.25, 0.3) is 0 Å². The number of nitrogens with two attached hydrogens (primary N) is 1. The van der Waals surface area contributed by atoms with E-state index in [0.29, 0.717) is 0 Å². The molecule has 2 unspecified atom stereocenters. The molecule has 0 radical (unpaired) electrons. The van der Waals surface area contributed by atoms with Gasteiger partial charge in [0.05, 0.1) is 0 Å². The second-order valence-electron chi connectivity index (χ2n) is 6.40. The van der Waals surface area contributed by atoms with E-state index in [0.717, 1.165) is 58.2 Å². The SMILES string of the molecule is CC1(CNC(=O)C2CCCC(N)C2)CCNCC1. The normalized spacial score (nSPS) is 31.9. The van der Waals surface area contributed by atoms with Crippen LogP contribution in [0.5, 0.6) is 0 Å².